The van der Waals surface area contributed by atoms with Crippen LogP contribution in [0.2, 0.25) is 0 Å². The number of nitrogens with zero attached hydrogens (tertiary/aromatic N) is 2. The molecule has 4 heteroatoms. The van der Waals surface area contributed by atoms with Crippen LogP contribution in [0.4, 0.5) is 5.82 Å². The van der Waals surface area contributed by atoms with Crippen LogP contribution in [0.15, 0.2) is 30.3 Å². The lowest BCUT2D eigenvalue weighted by molar-refractivity contribution is 0.675. The Labute approximate surface area is 113 Å². The van der Waals surface area contributed by atoms with Crippen LogP contribution in [0.1, 0.15) is 35.5 Å². The van der Waals surface area contributed by atoms with Gasteiger partial charge in [-0.1, -0.05) is 31.2 Å². The molecule has 0 bridgehead atoms. The van der Waals surface area contributed by atoms with Crippen LogP contribution in [0, 0.1) is 0 Å². The van der Waals surface area contributed by atoms with Gasteiger partial charge in [0.1, 0.15) is 11.6 Å². The maximum Gasteiger partial charge on any atom is 0.143 e. The van der Waals surface area contributed by atoms with E-state index in [1.807, 2.05) is 6.07 Å². The molecule has 19 heavy (non-hydrogen) atoms. The predicted molar refractivity (Wildman–Crippen MR) is 75.8 cm³/mol. The van der Waals surface area contributed by atoms with Crippen LogP contribution in [-0.4, -0.2) is 9.97 Å². The maximum absolute atomic E-state index is 5.48. The average molecular weight is 254 g/mol. The number of fused-ring (bicyclic) bond motifs is 1. The summed E-state index contributed by atoms with van der Waals surface area (Å²) >= 11 is 0. The second-order valence-corrected chi connectivity index (χ2v) is 4.97. The molecule has 0 saturated heterocycles. The first kappa shape index (κ1) is 12.1. The summed E-state index contributed by atoms with van der Waals surface area (Å²) in [6.45, 7) is 2.09. The van der Waals surface area contributed by atoms with Gasteiger partial charge in [-0.2, -0.15) is 0 Å². The molecule has 2 aromatic rings. The minimum Gasteiger partial charge on any atom is -0.308 e. The number of aryl methyl sites for hydroxylation is 1. The van der Waals surface area contributed by atoms with Gasteiger partial charge in [-0.15, -0.1) is 0 Å². The molecule has 3 rings (SSSR count). The van der Waals surface area contributed by atoms with E-state index in [0.717, 1.165) is 30.8 Å². The summed E-state index contributed by atoms with van der Waals surface area (Å²) < 4.78 is 0. The van der Waals surface area contributed by atoms with Gasteiger partial charge in [0.15, 0.2) is 0 Å². The predicted octanol–water partition coefficient (Wildman–Crippen LogP) is 2.21. The van der Waals surface area contributed by atoms with Crippen LogP contribution in [0.25, 0.3) is 0 Å². The van der Waals surface area contributed by atoms with Gasteiger partial charge >= 0.3 is 0 Å². The average Bonchev–Trinajstić information content (AvgIpc) is 2.90. The Hall–Kier alpha value is -1.94. The lowest BCUT2D eigenvalue weighted by atomic mass is 10.1. The van der Waals surface area contributed by atoms with Crippen LogP contribution in [0.5, 0.6) is 0 Å². The molecule has 1 heterocycles. The smallest absolute Gasteiger partial charge is 0.143 e. The summed E-state index contributed by atoms with van der Waals surface area (Å²) in [4.78, 5) is 9.18. The zero-order chi connectivity index (χ0) is 13.2. The molecule has 0 saturated carbocycles. The van der Waals surface area contributed by atoms with E-state index in [1.54, 1.807) is 0 Å². The van der Waals surface area contributed by atoms with Crippen LogP contribution in [-0.2, 0) is 19.3 Å². The van der Waals surface area contributed by atoms with Crippen LogP contribution < -0.4 is 11.3 Å². The van der Waals surface area contributed by atoms with Crippen molar-refractivity contribution >= 4 is 5.82 Å². The number of hydrogen-bond acceptors (Lipinski definition) is 4. The molecular formula is C15H18N4. The molecule has 1 aromatic carbocycles. The zero-order valence-corrected chi connectivity index (χ0v) is 11.1. The molecular weight excluding hydrogens is 236 g/mol. The molecule has 0 aliphatic heterocycles. The van der Waals surface area contributed by atoms with Crippen molar-refractivity contribution in [1.29, 1.82) is 0 Å². The molecule has 0 radical (unpaired) electrons. The molecule has 0 spiro atoms. The summed E-state index contributed by atoms with van der Waals surface area (Å²) in [7, 11) is 0. The first-order chi connectivity index (χ1) is 9.30. The van der Waals surface area contributed by atoms with Gasteiger partial charge in [0.05, 0.1) is 0 Å². The Balaban J connectivity index is 1.92. The number of rotatable bonds is 3. The van der Waals surface area contributed by atoms with Gasteiger partial charge in [-0.3, -0.25) is 0 Å². The Bertz CT molecular complexity index is 547. The van der Waals surface area contributed by atoms with E-state index < -0.39 is 0 Å². The van der Waals surface area contributed by atoms with E-state index in [1.165, 1.54) is 11.1 Å². The molecule has 0 atom stereocenters. The summed E-state index contributed by atoms with van der Waals surface area (Å²) in [6, 6.07) is 10.5. The quantitative estimate of drug-likeness (QED) is 0.651. The molecule has 1 aliphatic rings. The third-order valence-corrected chi connectivity index (χ3v) is 3.72. The lowest BCUT2D eigenvalue weighted by Gasteiger charge is -2.11. The van der Waals surface area contributed by atoms with E-state index in [-0.39, 0.29) is 0 Å². The van der Waals surface area contributed by atoms with Crippen molar-refractivity contribution in [2.75, 3.05) is 5.43 Å². The number of hydrogen-bond donors (Lipinski definition) is 2. The minimum absolute atomic E-state index is 0.371. The fraction of sp³-hybridized carbons (Fsp3) is 0.333. The van der Waals surface area contributed by atoms with E-state index >= 15 is 0 Å². The van der Waals surface area contributed by atoms with Crippen molar-refractivity contribution in [1.82, 2.24) is 9.97 Å². The molecule has 1 aliphatic carbocycles. The number of aromatic nitrogens is 2. The molecule has 0 unspecified atom stereocenters. The van der Waals surface area contributed by atoms with Gasteiger partial charge in [0.25, 0.3) is 0 Å². The largest absolute Gasteiger partial charge is 0.308 e. The maximum atomic E-state index is 5.48. The second-order valence-electron chi connectivity index (χ2n) is 4.97. The Morgan fingerprint density at radius 3 is 2.47 bits per heavy atom. The Kier molecular flexibility index (Phi) is 3.17. The molecule has 3 N–H and O–H groups in total. The van der Waals surface area contributed by atoms with Crippen LogP contribution in [0.3, 0.4) is 0 Å². The highest BCUT2D eigenvalue weighted by Crippen LogP contribution is 2.32. The number of nitrogens with two attached hydrogens (primary N) is 1. The van der Waals surface area contributed by atoms with Crippen molar-refractivity contribution in [2.24, 2.45) is 5.84 Å². The fourth-order valence-corrected chi connectivity index (χ4v) is 2.70. The van der Waals surface area contributed by atoms with E-state index in [2.05, 4.69) is 46.6 Å². The van der Waals surface area contributed by atoms with E-state index in [9.17, 15) is 0 Å². The molecule has 0 amide bonds. The van der Waals surface area contributed by atoms with E-state index in [0.29, 0.717) is 11.7 Å². The molecule has 1 aromatic heterocycles. The zero-order valence-electron chi connectivity index (χ0n) is 11.1. The first-order valence-corrected chi connectivity index (χ1v) is 6.71. The van der Waals surface area contributed by atoms with Crippen molar-refractivity contribution in [3.63, 3.8) is 0 Å². The first-order valence-electron chi connectivity index (χ1n) is 6.71. The highest BCUT2D eigenvalue weighted by Gasteiger charge is 2.25. The summed E-state index contributed by atoms with van der Waals surface area (Å²) in [5.74, 6) is 7.47. The second kappa shape index (κ2) is 4.97. The number of anilines is 1. The highest BCUT2D eigenvalue weighted by molar-refractivity contribution is 5.38. The monoisotopic (exact) mass is 254 g/mol. The van der Waals surface area contributed by atoms with Gasteiger partial charge in [-0.05, 0) is 30.4 Å². The molecule has 98 valence electrons. The fourth-order valence-electron chi connectivity index (χ4n) is 2.70. The Morgan fingerprint density at radius 1 is 1.21 bits per heavy atom. The van der Waals surface area contributed by atoms with E-state index in [4.69, 9.17) is 5.84 Å². The SMILES string of the molecule is CCc1cc(NN)nc(C2Cc3ccccc3C2)n1. The highest BCUT2D eigenvalue weighted by atomic mass is 15.3. The van der Waals surface area contributed by atoms with Crippen LogP contribution >= 0.6 is 0 Å². The van der Waals surface area contributed by atoms with Gasteiger partial charge in [0.2, 0.25) is 0 Å². The number of nitrogens with one attached hydrogen (secondary N) is 1. The topological polar surface area (TPSA) is 63.8 Å². The molecule has 0 fully saturated rings. The number of nitrogen functional groups attached to an aromatic ring is 1. The minimum atomic E-state index is 0.371. The molecule has 4 nitrogen and oxygen atoms in total. The number of hydrazine groups is 1. The third-order valence-electron chi connectivity index (χ3n) is 3.72. The standard InChI is InChI=1S/C15H18N4/c1-2-13-9-14(19-16)18-15(17-13)12-7-10-5-3-4-6-11(10)8-12/h3-6,9,12H,2,7-8,16H2,1H3,(H,17,18,19). The summed E-state index contributed by atoms with van der Waals surface area (Å²) in [5, 5.41) is 0. The van der Waals surface area contributed by atoms with Gasteiger partial charge in [-0.25, -0.2) is 15.8 Å². The summed E-state index contributed by atoms with van der Waals surface area (Å²) in [5.41, 5.74) is 6.51. The lowest BCUT2D eigenvalue weighted by Crippen LogP contribution is -2.13. The van der Waals surface area contributed by atoms with Gasteiger partial charge in [0, 0.05) is 17.7 Å². The summed E-state index contributed by atoms with van der Waals surface area (Å²) in [6.07, 6.45) is 2.94. The van der Waals surface area contributed by atoms with Crippen molar-refractivity contribution in [3.8, 4) is 0 Å². The van der Waals surface area contributed by atoms with Gasteiger partial charge < -0.3 is 5.43 Å². The Morgan fingerprint density at radius 2 is 1.89 bits per heavy atom. The van der Waals surface area contributed by atoms with Crippen molar-refractivity contribution in [3.05, 3.63) is 53.0 Å². The van der Waals surface area contributed by atoms with Crippen molar-refractivity contribution < 1.29 is 0 Å². The number of benzene rings is 1. The normalized spacial score (nSPS) is 14.4. The van der Waals surface area contributed by atoms with Crippen molar-refractivity contribution in [2.45, 2.75) is 32.1 Å². The third kappa shape index (κ3) is 2.31.